The Morgan fingerprint density at radius 2 is 1.93 bits per heavy atom. The van der Waals surface area contributed by atoms with Crippen LogP contribution in [0.2, 0.25) is 0 Å². The van der Waals surface area contributed by atoms with Crippen LogP contribution in [0.3, 0.4) is 0 Å². The van der Waals surface area contributed by atoms with Crippen molar-refractivity contribution in [3.05, 3.63) is 36.4 Å². The number of likely N-dealkylation sites (tertiary alicyclic amines) is 1. The predicted molar refractivity (Wildman–Crippen MR) is 165 cm³/mol. The number of aryl methyl sites for hydroxylation is 1. The Kier molecular flexibility index (Phi) is 10.9. The number of nitrogens with one attached hydrogen (secondary N) is 1. The molecule has 0 radical (unpaired) electrons. The standard InChI is InChI=1S/C32H47N5O7/c1-5-36-25-16-12-11-14-23(25)34-30(36)43-21-18-26(27(33)38)37(19-21)28(39)24(35-31(42)44-32(2,3)4)15-10-8-6-7-9-13-20-17-22(20)29(40)41/h9,11-14,16,20-22,24,26,28,39H,5-8,10,15,17-19H2,1-4H3,(H2,33,38)(H,35,42)(H,40,41)/b13-9-/t20-,21-,22+,24+,26+,28?/m1/s1. The van der Waals surface area contributed by atoms with Crippen LogP contribution in [0, 0.1) is 11.8 Å². The third-order valence-corrected chi connectivity index (χ3v) is 8.17. The number of rotatable bonds is 15. The number of amides is 2. The van der Waals surface area contributed by atoms with E-state index in [1.807, 2.05) is 47.9 Å². The van der Waals surface area contributed by atoms with Crippen LogP contribution in [0.1, 0.15) is 72.6 Å². The molecule has 2 aromatic rings. The number of imidazole rings is 1. The lowest BCUT2D eigenvalue weighted by molar-refractivity contribution is -0.138. The SMILES string of the molecule is CCn1c(O[C@@H]2C[C@@H](C(N)=O)N(C(O)[C@H](CCCCC/C=C\[C@@H]3C[C@@H]3C(=O)O)NC(=O)OC(C)(C)C)C2)nc2ccccc21. The molecule has 242 valence electrons. The molecule has 4 rings (SSSR count). The number of hydrogen-bond acceptors (Lipinski definition) is 8. The molecule has 2 amide bonds. The van der Waals surface area contributed by atoms with E-state index < -0.39 is 48.0 Å². The number of unbranched alkanes of at least 4 members (excludes halogenated alkanes) is 3. The van der Waals surface area contributed by atoms with E-state index >= 15 is 0 Å². The molecule has 5 N–H and O–H groups in total. The van der Waals surface area contributed by atoms with Gasteiger partial charge in [0.15, 0.2) is 0 Å². The summed E-state index contributed by atoms with van der Waals surface area (Å²) in [5.74, 6) is -1.43. The van der Waals surface area contributed by atoms with Gasteiger partial charge in [0, 0.05) is 19.5 Å². The highest BCUT2D eigenvalue weighted by atomic mass is 16.6. The lowest BCUT2D eigenvalue weighted by atomic mass is 10.0. The molecule has 1 aromatic heterocycles. The molecule has 0 bridgehead atoms. The quantitative estimate of drug-likeness (QED) is 0.172. The molecule has 1 aliphatic heterocycles. The molecule has 2 fully saturated rings. The summed E-state index contributed by atoms with van der Waals surface area (Å²) in [6, 6.07) is 6.67. The molecule has 2 aliphatic rings. The van der Waals surface area contributed by atoms with E-state index in [0.29, 0.717) is 31.8 Å². The van der Waals surface area contributed by atoms with Crippen LogP contribution in [0.5, 0.6) is 6.01 Å². The molecule has 44 heavy (non-hydrogen) atoms. The van der Waals surface area contributed by atoms with Crippen LogP contribution in [-0.4, -0.2) is 79.2 Å². The van der Waals surface area contributed by atoms with Crippen LogP contribution in [0.4, 0.5) is 4.79 Å². The first-order chi connectivity index (χ1) is 20.9. The fourth-order valence-electron chi connectivity index (χ4n) is 5.85. The number of benzene rings is 1. The van der Waals surface area contributed by atoms with E-state index in [2.05, 4.69) is 10.3 Å². The van der Waals surface area contributed by atoms with Gasteiger partial charge in [-0.3, -0.25) is 19.1 Å². The zero-order chi connectivity index (χ0) is 32.0. The Balaban J connectivity index is 1.39. The molecule has 0 spiro atoms. The number of carboxylic acid groups (broad SMARTS) is 1. The molecule has 1 aliphatic carbocycles. The van der Waals surface area contributed by atoms with Gasteiger partial charge in [0.2, 0.25) is 5.91 Å². The average Bonchev–Trinajstić information content (AvgIpc) is 3.47. The Bertz CT molecular complexity index is 1340. The number of nitrogens with two attached hydrogens (primary N) is 1. The average molecular weight is 614 g/mol. The lowest BCUT2D eigenvalue weighted by Gasteiger charge is -2.34. The highest BCUT2D eigenvalue weighted by molar-refractivity contribution is 5.80. The van der Waals surface area contributed by atoms with Crippen LogP contribution in [-0.2, 0) is 20.9 Å². The summed E-state index contributed by atoms with van der Waals surface area (Å²) in [5.41, 5.74) is 6.81. The van der Waals surface area contributed by atoms with Crippen molar-refractivity contribution in [3.63, 3.8) is 0 Å². The van der Waals surface area contributed by atoms with Crippen molar-refractivity contribution in [1.82, 2.24) is 19.8 Å². The van der Waals surface area contributed by atoms with Gasteiger partial charge in [-0.15, -0.1) is 0 Å². The number of hydrogen-bond donors (Lipinski definition) is 4. The van der Waals surface area contributed by atoms with Crippen molar-refractivity contribution in [2.75, 3.05) is 6.54 Å². The van der Waals surface area contributed by atoms with E-state index in [-0.39, 0.29) is 24.8 Å². The minimum atomic E-state index is -1.21. The van der Waals surface area contributed by atoms with Gasteiger partial charge in [0.05, 0.1) is 29.0 Å². The number of fused-ring (bicyclic) bond motifs is 1. The van der Waals surface area contributed by atoms with Crippen LogP contribution in [0.25, 0.3) is 11.0 Å². The number of allylic oxidation sites excluding steroid dienone is 2. The Labute approximate surface area is 258 Å². The Morgan fingerprint density at radius 3 is 2.59 bits per heavy atom. The molecule has 6 atom stereocenters. The van der Waals surface area contributed by atoms with Crippen LogP contribution < -0.4 is 15.8 Å². The molecule has 1 unspecified atom stereocenters. The normalized spacial score (nSPS) is 23.5. The van der Waals surface area contributed by atoms with E-state index in [1.165, 1.54) is 0 Å². The number of aromatic nitrogens is 2. The van der Waals surface area contributed by atoms with Gasteiger partial charge in [-0.25, -0.2) is 4.79 Å². The highest BCUT2D eigenvalue weighted by Crippen LogP contribution is 2.39. The van der Waals surface area contributed by atoms with Gasteiger partial charge in [0.1, 0.15) is 17.9 Å². The summed E-state index contributed by atoms with van der Waals surface area (Å²) in [7, 11) is 0. The van der Waals surface area contributed by atoms with Crippen LogP contribution in [0.15, 0.2) is 36.4 Å². The van der Waals surface area contributed by atoms with Gasteiger partial charge in [0.25, 0.3) is 6.01 Å². The molecule has 1 saturated heterocycles. The maximum Gasteiger partial charge on any atom is 0.408 e. The van der Waals surface area contributed by atoms with Gasteiger partial charge in [-0.05, 0) is 71.4 Å². The van der Waals surface area contributed by atoms with Gasteiger partial charge in [-0.1, -0.05) is 37.1 Å². The summed E-state index contributed by atoms with van der Waals surface area (Å²) in [6.45, 7) is 8.17. The topological polar surface area (TPSA) is 169 Å². The third kappa shape index (κ3) is 8.72. The van der Waals surface area contributed by atoms with Crippen molar-refractivity contribution >= 4 is 29.0 Å². The number of carboxylic acids is 1. The number of aliphatic hydroxyl groups excluding tert-OH is 1. The number of aliphatic hydroxyl groups is 1. The van der Waals surface area contributed by atoms with Gasteiger partial charge in [-0.2, -0.15) is 4.98 Å². The summed E-state index contributed by atoms with van der Waals surface area (Å²) in [6.07, 6.45) is 6.40. The summed E-state index contributed by atoms with van der Waals surface area (Å²) >= 11 is 0. The second kappa shape index (κ2) is 14.4. The van der Waals surface area contributed by atoms with E-state index in [0.717, 1.165) is 30.3 Å². The second-order valence-electron chi connectivity index (χ2n) is 12.8. The summed E-state index contributed by atoms with van der Waals surface area (Å²) in [5, 5.41) is 23.4. The number of carbonyl (C=O) groups excluding carboxylic acids is 2. The number of alkyl carbamates (subject to hydrolysis) is 1. The third-order valence-electron chi connectivity index (χ3n) is 8.17. The second-order valence-corrected chi connectivity index (χ2v) is 12.8. The number of aliphatic carboxylic acids is 1. The van der Waals surface area contributed by atoms with E-state index in [4.69, 9.17) is 20.3 Å². The maximum absolute atomic E-state index is 12.7. The first-order valence-electron chi connectivity index (χ1n) is 15.6. The maximum atomic E-state index is 12.7. The Hall–Kier alpha value is -3.64. The number of carbonyl (C=O) groups is 3. The molecule has 1 aromatic carbocycles. The number of primary amides is 1. The zero-order valence-electron chi connectivity index (χ0n) is 26.1. The molecular weight excluding hydrogens is 566 g/mol. The minimum absolute atomic E-state index is 0.137. The molecule has 2 heterocycles. The minimum Gasteiger partial charge on any atom is -0.481 e. The first-order valence-corrected chi connectivity index (χ1v) is 15.6. The first kappa shape index (κ1) is 33.3. The summed E-state index contributed by atoms with van der Waals surface area (Å²) in [4.78, 5) is 42.5. The van der Waals surface area contributed by atoms with Gasteiger partial charge >= 0.3 is 12.1 Å². The zero-order valence-corrected chi connectivity index (χ0v) is 26.1. The number of nitrogens with zero attached hydrogens (tertiary/aromatic N) is 3. The fourth-order valence-corrected chi connectivity index (χ4v) is 5.85. The van der Waals surface area contributed by atoms with Crippen molar-refractivity contribution in [3.8, 4) is 6.01 Å². The van der Waals surface area contributed by atoms with Crippen molar-refractivity contribution in [2.45, 2.75) is 109 Å². The summed E-state index contributed by atoms with van der Waals surface area (Å²) < 4.78 is 13.7. The number of ether oxygens (including phenoxy) is 2. The van der Waals surface area contributed by atoms with E-state index in [9.17, 15) is 19.5 Å². The monoisotopic (exact) mass is 613 g/mol. The lowest BCUT2D eigenvalue weighted by Crippen LogP contribution is -2.56. The number of para-hydroxylation sites is 2. The predicted octanol–water partition coefficient (Wildman–Crippen LogP) is 3.80. The Morgan fingerprint density at radius 1 is 1.18 bits per heavy atom. The highest BCUT2D eigenvalue weighted by Gasteiger charge is 2.43. The van der Waals surface area contributed by atoms with Crippen molar-refractivity contribution in [2.24, 2.45) is 17.6 Å². The van der Waals surface area contributed by atoms with Crippen molar-refractivity contribution < 1.29 is 34.1 Å². The molecule has 12 heteroatoms. The van der Waals surface area contributed by atoms with E-state index in [1.54, 1.807) is 25.7 Å². The van der Waals surface area contributed by atoms with Gasteiger partial charge < -0.3 is 30.7 Å². The molecule has 12 nitrogen and oxygen atoms in total. The smallest absolute Gasteiger partial charge is 0.408 e. The van der Waals surface area contributed by atoms with Crippen molar-refractivity contribution in [1.29, 1.82) is 0 Å². The molecular formula is C32H47N5O7. The fraction of sp³-hybridized carbons (Fsp3) is 0.625. The molecule has 1 saturated carbocycles. The largest absolute Gasteiger partial charge is 0.481 e. The van der Waals surface area contributed by atoms with Crippen LogP contribution >= 0.6 is 0 Å².